The van der Waals surface area contributed by atoms with Gasteiger partial charge in [-0.2, -0.15) is 0 Å². The van der Waals surface area contributed by atoms with Crippen LogP contribution in [-0.2, 0) is 6.42 Å². The summed E-state index contributed by atoms with van der Waals surface area (Å²) in [5, 5.41) is 6.04. The molecule has 0 aliphatic heterocycles. The largest absolute Gasteiger partial charge is 0.307 e. The number of aryl methyl sites for hydroxylation is 1. The Bertz CT molecular complexity index is 1060. The van der Waals surface area contributed by atoms with Crippen LogP contribution < -0.4 is 5.32 Å². The molecule has 1 N–H and O–H groups in total. The zero-order chi connectivity index (χ0) is 18.6. The number of hydrogen-bond donors (Lipinski definition) is 1. The first kappa shape index (κ1) is 17.6. The summed E-state index contributed by atoms with van der Waals surface area (Å²) in [5.74, 6) is 0.363. The van der Waals surface area contributed by atoms with Gasteiger partial charge in [0.1, 0.15) is 5.82 Å². The third-order valence-electron chi connectivity index (χ3n) is 4.03. The van der Waals surface area contributed by atoms with Crippen molar-refractivity contribution in [3.8, 4) is 21.0 Å². The Morgan fingerprint density at radius 2 is 1.96 bits per heavy atom. The van der Waals surface area contributed by atoms with E-state index in [0.29, 0.717) is 11.4 Å². The zero-order valence-corrected chi connectivity index (χ0v) is 16.3. The molecule has 0 aliphatic rings. The van der Waals surface area contributed by atoms with Crippen molar-refractivity contribution in [2.24, 2.45) is 0 Å². The highest BCUT2D eigenvalue weighted by atomic mass is 32.1. The number of benzene rings is 1. The van der Waals surface area contributed by atoms with Crippen LogP contribution in [0, 0.1) is 0 Å². The van der Waals surface area contributed by atoms with Gasteiger partial charge in [-0.3, -0.25) is 4.79 Å². The normalized spacial score (nSPS) is 10.7. The number of aromatic nitrogens is 2. The third kappa shape index (κ3) is 3.82. The summed E-state index contributed by atoms with van der Waals surface area (Å²) < 4.78 is 0. The van der Waals surface area contributed by atoms with Gasteiger partial charge in [-0.05, 0) is 47.7 Å². The standard InChI is InChI=1S/C21H17N3OS2/c1-2-18-24-19(16-9-6-12-26-16)20(27-18)15-10-11-22-17(13-15)23-21(25)14-7-4-3-5-8-14/h3-13H,2H2,1H3,(H,22,23,25). The molecule has 3 heterocycles. The molecule has 4 aromatic rings. The lowest BCUT2D eigenvalue weighted by Gasteiger charge is -2.06. The van der Waals surface area contributed by atoms with E-state index in [2.05, 4.69) is 28.7 Å². The Labute approximate surface area is 165 Å². The number of carbonyl (C=O) groups excluding carboxylic acids is 1. The van der Waals surface area contributed by atoms with Crippen molar-refractivity contribution < 1.29 is 4.79 Å². The highest BCUT2D eigenvalue weighted by molar-refractivity contribution is 7.17. The molecule has 0 radical (unpaired) electrons. The molecule has 0 bridgehead atoms. The van der Waals surface area contributed by atoms with Crippen molar-refractivity contribution in [2.45, 2.75) is 13.3 Å². The van der Waals surface area contributed by atoms with E-state index < -0.39 is 0 Å². The van der Waals surface area contributed by atoms with Crippen LogP contribution in [0.25, 0.3) is 21.0 Å². The monoisotopic (exact) mass is 391 g/mol. The molecule has 4 rings (SSSR count). The van der Waals surface area contributed by atoms with Gasteiger partial charge in [0.2, 0.25) is 0 Å². The summed E-state index contributed by atoms with van der Waals surface area (Å²) in [6.07, 6.45) is 2.62. The number of hydrogen-bond acceptors (Lipinski definition) is 5. The molecule has 0 aliphatic carbocycles. The van der Waals surface area contributed by atoms with Gasteiger partial charge in [0.25, 0.3) is 5.91 Å². The lowest BCUT2D eigenvalue weighted by atomic mass is 10.1. The van der Waals surface area contributed by atoms with E-state index >= 15 is 0 Å². The SMILES string of the molecule is CCc1nc(-c2cccs2)c(-c2ccnc(NC(=O)c3ccccc3)c2)s1. The van der Waals surface area contributed by atoms with Crippen LogP contribution in [-0.4, -0.2) is 15.9 Å². The number of nitrogens with one attached hydrogen (secondary N) is 1. The lowest BCUT2D eigenvalue weighted by Crippen LogP contribution is -2.12. The van der Waals surface area contributed by atoms with Gasteiger partial charge in [-0.15, -0.1) is 22.7 Å². The molecular formula is C21H17N3OS2. The van der Waals surface area contributed by atoms with Gasteiger partial charge in [-0.1, -0.05) is 31.2 Å². The number of anilines is 1. The molecule has 1 aromatic carbocycles. The topological polar surface area (TPSA) is 54.9 Å². The predicted molar refractivity (Wildman–Crippen MR) is 112 cm³/mol. The minimum Gasteiger partial charge on any atom is -0.307 e. The second kappa shape index (κ2) is 7.82. The summed E-state index contributed by atoms with van der Waals surface area (Å²) in [4.78, 5) is 23.8. The molecule has 6 heteroatoms. The number of thiophene rings is 1. The molecule has 0 saturated heterocycles. The number of amides is 1. The first-order chi connectivity index (χ1) is 13.2. The van der Waals surface area contributed by atoms with Crippen LogP contribution in [0.1, 0.15) is 22.3 Å². The van der Waals surface area contributed by atoms with Crippen LogP contribution in [0.2, 0.25) is 0 Å². The molecule has 1 amide bonds. The van der Waals surface area contributed by atoms with Crippen LogP contribution in [0.3, 0.4) is 0 Å². The predicted octanol–water partition coefficient (Wildman–Crippen LogP) is 5.75. The van der Waals surface area contributed by atoms with Crippen LogP contribution >= 0.6 is 22.7 Å². The van der Waals surface area contributed by atoms with Gasteiger partial charge >= 0.3 is 0 Å². The van der Waals surface area contributed by atoms with E-state index in [9.17, 15) is 4.79 Å². The average molecular weight is 392 g/mol. The fraction of sp³-hybridized carbons (Fsp3) is 0.0952. The molecule has 4 nitrogen and oxygen atoms in total. The maximum atomic E-state index is 12.4. The molecule has 0 unspecified atom stereocenters. The van der Waals surface area contributed by atoms with E-state index in [4.69, 9.17) is 4.98 Å². The van der Waals surface area contributed by atoms with Crippen molar-refractivity contribution in [1.82, 2.24) is 9.97 Å². The molecule has 3 aromatic heterocycles. The minimum absolute atomic E-state index is 0.169. The summed E-state index contributed by atoms with van der Waals surface area (Å²) in [5.41, 5.74) is 2.61. The Balaban J connectivity index is 1.67. The molecule has 134 valence electrons. The zero-order valence-electron chi connectivity index (χ0n) is 14.7. The number of carbonyl (C=O) groups is 1. The molecule has 0 fully saturated rings. The molecule has 0 atom stereocenters. The summed E-state index contributed by atoms with van der Waals surface area (Å²) in [7, 11) is 0. The highest BCUT2D eigenvalue weighted by Crippen LogP contribution is 2.39. The molecule has 0 saturated carbocycles. The van der Waals surface area contributed by atoms with Gasteiger partial charge in [0.05, 0.1) is 20.5 Å². The summed E-state index contributed by atoms with van der Waals surface area (Å²) in [6.45, 7) is 2.11. The van der Waals surface area contributed by atoms with Gasteiger partial charge < -0.3 is 5.32 Å². The smallest absolute Gasteiger partial charge is 0.256 e. The summed E-state index contributed by atoms with van der Waals surface area (Å²) >= 11 is 3.37. The van der Waals surface area contributed by atoms with Crippen molar-refractivity contribution in [3.63, 3.8) is 0 Å². The Hall–Kier alpha value is -2.83. The second-order valence-corrected chi connectivity index (χ2v) is 7.90. The average Bonchev–Trinajstić information content (AvgIpc) is 3.38. The molecular weight excluding hydrogens is 374 g/mol. The third-order valence-corrected chi connectivity index (χ3v) is 6.15. The number of nitrogens with zero attached hydrogens (tertiary/aromatic N) is 2. The lowest BCUT2D eigenvalue weighted by molar-refractivity contribution is 0.102. The van der Waals surface area contributed by atoms with E-state index in [1.807, 2.05) is 36.4 Å². The Morgan fingerprint density at radius 3 is 2.70 bits per heavy atom. The maximum Gasteiger partial charge on any atom is 0.256 e. The number of pyridine rings is 1. The Morgan fingerprint density at radius 1 is 1.11 bits per heavy atom. The van der Waals surface area contributed by atoms with Gasteiger partial charge in [0.15, 0.2) is 0 Å². The first-order valence-electron chi connectivity index (χ1n) is 8.61. The maximum absolute atomic E-state index is 12.4. The fourth-order valence-electron chi connectivity index (χ4n) is 2.71. The Kier molecular flexibility index (Phi) is 5.09. The first-order valence-corrected chi connectivity index (χ1v) is 10.3. The van der Waals surface area contributed by atoms with Crippen LogP contribution in [0.15, 0.2) is 66.2 Å². The van der Waals surface area contributed by atoms with Crippen LogP contribution in [0.4, 0.5) is 5.82 Å². The van der Waals surface area contributed by atoms with Crippen molar-refractivity contribution in [1.29, 1.82) is 0 Å². The van der Waals surface area contributed by atoms with E-state index in [1.165, 1.54) is 0 Å². The van der Waals surface area contributed by atoms with E-state index in [1.54, 1.807) is 41.0 Å². The number of thiazole rings is 1. The second-order valence-electron chi connectivity index (χ2n) is 5.87. The van der Waals surface area contributed by atoms with Gasteiger partial charge in [0, 0.05) is 11.8 Å². The van der Waals surface area contributed by atoms with Crippen molar-refractivity contribution in [3.05, 3.63) is 76.7 Å². The van der Waals surface area contributed by atoms with Crippen molar-refractivity contribution in [2.75, 3.05) is 5.32 Å². The van der Waals surface area contributed by atoms with Gasteiger partial charge in [-0.25, -0.2) is 9.97 Å². The van der Waals surface area contributed by atoms with E-state index in [-0.39, 0.29) is 5.91 Å². The molecule has 0 spiro atoms. The van der Waals surface area contributed by atoms with Crippen molar-refractivity contribution >= 4 is 34.4 Å². The van der Waals surface area contributed by atoms with E-state index in [0.717, 1.165) is 32.4 Å². The summed E-state index contributed by atoms with van der Waals surface area (Å²) in [6, 6.07) is 17.1. The number of rotatable bonds is 5. The molecule has 27 heavy (non-hydrogen) atoms. The minimum atomic E-state index is -0.169. The quantitative estimate of drug-likeness (QED) is 0.471. The highest BCUT2D eigenvalue weighted by Gasteiger charge is 2.16. The van der Waals surface area contributed by atoms with Crippen LogP contribution in [0.5, 0.6) is 0 Å². The fourth-order valence-corrected chi connectivity index (χ4v) is 4.51.